The standard InChI is InChI=1S/C10H21O11P3.FH/c1-7-4-8(5-7)10-3-2-9(19-10)6-18-23(14,15)21-24(16,17)20-22(11,12)13;/h7-10H,2-6H2,1H3,(H,14,15)(H,16,17)(H2,11,12,13);1H/p-3/t7?,8?,9-,10+;/m0./s1. The summed E-state index contributed by atoms with van der Waals surface area (Å²) in [6.07, 6.45) is 2.89. The second kappa shape index (κ2) is 8.54. The number of phosphoric acid groups is 3. The number of hydrogen-bond acceptors (Lipinski definition) is 10. The molecule has 0 aromatic heterocycles. The summed E-state index contributed by atoms with van der Waals surface area (Å²) in [5.74, 6) is 1.09. The maximum absolute atomic E-state index is 11.4. The maximum Gasteiger partial charge on any atom is 0.280 e. The first kappa shape index (κ1) is 23.3. The lowest BCUT2D eigenvalue weighted by atomic mass is 9.72. The Hall–Kier alpha value is 0.300. The molecule has 0 radical (unpaired) electrons. The van der Waals surface area contributed by atoms with Crippen molar-refractivity contribution in [2.24, 2.45) is 11.8 Å². The topological polar surface area (TPSA) is 178 Å². The van der Waals surface area contributed by atoms with Crippen LogP contribution in [0.1, 0.15) is 32.6 Å². The van der Waals surface area contributed by atoms with E-state index in [2.05, 4.69) is 20.1 Å². The first-order chi connectivity index (χ1) is 10.9. The molecule has 0 bridgehead atoms. The summed E-state index contributed by atoms with van der Waals surface area (Å²) >= 11 is 0. The molecule has 0 amide bonds. The fraction of sp³-hybridized carbons (Fsp3) is 1.00. The van der Waals surface area contributed by atoms with Crippen molar-refractivity contribution < 1.29 is 55.9 Å². The van der Waals surface area contributed by atoms with Crippen LogP contribution in [0.3, 0.4) is 0 Å². The highest BCUT2D eigenvalue weighted by Crippen LogP contribution is 2.61. The second-order valence-electron chi connectivity index (χ2n) is 6.03. The molecule has 1 saturated carbocycles. The van der Waals surface area contributed by atoms with Crippen LogP contribution in [0, 0.1) is 11.8 Å². The summed E-state index contributed by atoms with van der Waals surface area (Å²) < 4.78 is 49.5. The first-order valence-corrected chi connectivity index (χ1v) is 11.7. The predicted octanol–water partition coefficient (Wildman–Crippen LogP) is 0.180. The van der Waals surface area contributed by atoms with Gasteiger partial charge in [0.2, 0.25) is 0 Å². The number of rotatable bonds is 8. The number of phosphoric ester groups is 1. The Morgan fingerprint density at radius 1 is 1.08 bits per heavy atom. The molecule has 1 aliphatic heterocycles. The van der Waals surface area contributed by atoms with Crippen LogP contribution < -0.4 is 14.7 Å². The van der Waals surface area contributed by atoms with Crippen molar-refractivity contribution in [3.63, 3.8) is 0 Å². The number of ether oxygens (including phenoxy) is 1. The van der Waals surface area contributed by atoms with Crippen molar-refractivity contribution in [2.45, 2.75) is 44.8 Å². The molecule has 25 heavy (non-hydrogen) atoms. The van der Waals surface area contributed by atoms with Gasteiger partial charge in [0.1, 0.15) is 0 Å². The van der Waals surface area contributed by atoms with Gasteiger partial charge in [-0.25, -0.2) is 8.62 Å². The molecule has 150 valence electrons. The van der Waals surface area contributed by atoms with Crippen molar-refractivity contribution in [3.8, 4) is 0 Å². The predicted molar refractivity (Wildman–Crippen MR) is 75.4 cm³/mol. The largest absolute Gasteiger partial charge is 0.756 e. The van der Waals surface area contributed by atoms with Gasteiger partial charge in [-0.3, -0.25) is 18.4 Å². The highest BCUT2D eigenvalue weighted by atomic mass is 31.3. The number of hydrogen-bond donors (Lipinski definition) is 1. The molecule has 11 nitrogen and oxygen atoms in total. The first-order valence-electron chi connectivity index (χ1n) is 7.24. The summed E-state index contributed by atoms with van der Waals surface area (Å²) in [6, 6.07) is 0. The Morgan fingerprint density at radius 3 is 2.20 bits per heavy atom. The van der Waals surface area contributed by atoms with Crippen LogP contribution in [0.5, 0.6) is 0 Å². The molecule has 1 N–H and O–H groups in total. The molecule has 2 aliphatic rings. The van der Waals surface area contributed by atoms with Gasteiger partial charge in [-0.05, 0) is 37.5 Å². The lowest BCUT2D eigenvalue weighted by Gasteiger charge is -2.37. The molecule has 1 aliphatic carbocycles. The Bertz CT molecular complexity index is 589. The van der Waals surface area contributed by atoms with Crippen LogP contribution in [-0.4, -0.2) is 23.7 Å². The van der Waals surface area contributed by atoms with Gasteiger partial charge in [-0.2, -0.15) is 0 Å². The number of halogens is 1. The second-order valence-corrected chi connectivity index (χ2v) is 10.3. The zero-order valence-corrected chi connectivity index (χ0v) is 15.8. The quantitative estimate of drug-likeness (QED) is 0.523. The van der Waals surface area contributed by atoms with E-state index in [0.717, 1.165) is 19.3 Å². The van der Waals surface area contributed by atoms with E-state index in [9.17, 15) is 28.4 Å². The molecule has 2 fully saturated rings. The highest BCUT2D eigenvalue weighted by molar-refractivity contribution is 7.65. The molecule has 0 aromatic rings. The van der Waals surface area contributed by atoms with Crippen molar-refractivity contribution in [1.82, 2.24) is 0 Å². The van der Waals surface area contributed by atoms with Crippen LogP contribution in [0.15, 0.2) is 0 Å². The smallest absolute Gasteiger partial charge is 0.280 e. The third-order valence-electron chi connectivity index (χ3n) is 3.90. The van der Waals surface area contributed by atoms with Crippen molar-refractivity contribution in [3.05, 3.63) is 0 Å². The maximum atomic E-state index is 11.4. The van der Waals surface area contributed by atoms with Gasteiger partial charge in [-0.1, -0.05) is 6.92 Å². The Morgan fingerprint density at radius 2 is 1.68 bits per heavy atom. The lowest BCUT2D eigenvalue weighted by Crippen LogP contribution is -2.33. The molecule has 15 heteroatoms. The van der Waals surface area contributed by atoms with Crippen LogP contribution in [-0.2, 0) is 31.6 Å². The lowest BCUT2D eigenvalue weighted by molar-refractivity contribution is -0.250. The van der Waals surface area contributed by atoms with Crippen molar-refractivity contribution >= 4 is 23.5 Å². The summed E-state index contributed by atoms with van der Waals surface area (Å²) in [5.41, 5.74) is 0. The van der Waals surface area contributed by atoms with Gasteiger partial charge in [0.15, 0.2) is 0 Å². The van der Waals surface area contributed by atoms with E-state index < -0.39 is 36.2 Å². The molecular weight excluding hydrogens is 408 g/mol. The average molecular weight is 427 g/mol. The normalized spacial score (nSPS) is 36.4. The molecule has 0 spiro atoms. The van der Waals surface area contributed by atoms with E-state index in [4.69, 9.17) is 9.63 Å². The molecule has 3 unspecified atom stereocenters. The van der Waals surface area contributed by atoms with Crippen LogP contribution in [0.2, 0.25) is 0 Å². The zero-order chi connectivity index (χ0) is 18.2. The minimum atomic E-state index is -5.84. The average Bonchev–Trinajstić information content (AvgIpc) is 2.76. The Kier molecular flexibility index (Phi) is 7.97. The van der Waals surface area contributed by atoms with Gasteiger partial charge >= 0.3 is 0 Å². The SMILES string of the molecule is CC1CC([C@H]2CC[C@@H](COP(=O)([O-])OP(=O)([O-])OP(=O)([O-])O)O2)C1.F. The summed E-state index contributed by atoms with van der Waals surface area (Å²) in [5, 5.41) is 0. The summed E-state index contributed by atoms with van der Waals surface area (Å²) in [4.78, 5) is 41.0. The zero-order valence-electron chi connectivity index (χ0n) is 13.1. The molecule has 5 atom stereocenters. The monoisotopic (exact) mass is 427 g/mol. The fourth-order valence-corrected chi connectivity index (χ4v) is 5.85. The van der Waals surface area contributed by atoms with E-state index in [-0.39, 0.29) is 10.8 Å². The van der Waals surface area contributed by atoms with E-state index in [1.807, 2.05) is 0 Å². The minimum Gasteiger partial charge on any atom is -0.756 e. The van der Waals surface area contributed by atoms with Gasteiger partial charge in [0.25, 0.3) is 23.5 Å². The fourth-order valence-electron chi connectivity index (χ4n) is 2.93. The van der Waals surface area contributed by atoms with Gasteiger partial charge in [0.05, 0.1) is 18.8 Å². The Labute approximate surface area is 143 Å². The van der Waals surface area contributed by atoms with E-state index in [0.29, 0.717) is 18.3 Å². The van der Waals surface area contributed by atoms with E-state index >= 15 is 0 Å². The molecular formula is C10H19FO11P3-3. The van der Waals surface area contributed by atoms with E-state index in [1.54, 1.807) is 0 Å². The molecule has 2 rings (SSSR count). The van der Waals surface area contributed by atoms with Gasteiger partial charge in [0, 0.05) is 0 Å². The van der Waals surface area contributed by atoms with Crippen molar-refractivity contribution in [2.75, 3.05) is 6.61 Å². The third kappa shape index (κ3) is 7.82. The van der Waals surface area contributed by atoms with Gasteiger partial charge < -0.3 is 28.8 Å². The Balaban J connectivity index is 0.00000312. The minimum absolute atomic E-state index is 0. The summed E-state index contributed by atoms with van der Waals surface area (Å²) in [7, 11) is -17.0. The van der Waals surface area contributed by atoms with Gasteiger partial charge in [-0.15, -0.1) is 0 Å². The van der Waals surface area contributed by atoms with E-state index in [1.165, 1.54) is 0 Å². The van der Waals surface area contributed by atoms with Crippen LogP contribution >= 0.6 is 23.5 Å². The third-order valence-corrected chi connectivity index (χ3v) is 7.59. The highest BCUT2D eigenvalue weighted by Gasteiger charge is 2.38. The summed E-state index contributed by atoms with van der Waals surface area (Å²) in [6.45, 7) is 1.67. The molecule has 1 heterocycles. The van der Waals surface area contributed by atoms with Crippen LogP contribution in [0.25, 0.3) is 0 Å². The molecule has 0 aromatic carbocycles. The molecule has 1 saturated heterocycles. The van der Waals surface area contributed by atoms with Crippen LogP contribution in [0.4, 0.5) is 4.70 Å². The van der Waals surface area contributed by atoms with Crippen molar-refractivity contribution in [1.29, 1.82) is 0 Å².